The van der Waals surface area contributed by atoms with Crippen molar-refractivity contribution in [3.8, 4) is 0 Å². The molecule has 0 radical (unpaired) electrons. The van der Waals surface area contributed by atoms with E-state index >= 15 is 0 Å². The third-order valence-corrected chi connectivity index (χ3v) is 3.78. The number of hydrogen-bond acceptors (Lipinski definition) is 2. The average Bonchev–Trinajstić information content (AvgIpc) is 2.49. The van der Waals surface area contributed by atoms with Crippen LogP contribution in [0.25, 0.3) is 0 Å². The zero-order valence-electron chi connectivity index (χ0n) is 11.9. The fraction of sp³-hybridized carbons (Fsp3) is 0.125. The standard InChI is InChI=1S/C16H13Cl2FN2O2/c17-11-4-1-10(13(18)8-11)7-14(15(20)22)21-16(23)9-2-5-12(19)6-3-9/h1-6,8,14H,7H2,(H2,20,22)(H,21,23)/t14-/m1/s1. The molecule has 0 fully saturated rings. The summed E-state index contributed by atoms with van der Waals surface area (Å²) in [5.41, 5.74) is 6.18. The van der Waals surface area contributed by atoms with E-state index in [1.54, 1.807) is 12.1 Å². The van der Waals surface area contributed by atoms with Gasteiger partial charge in [0.1, 0.15) is 11.9 Å². The smallest absolute Gasteiger partial charge is 0.251 e. The Balaban J connectivity index is 2.14. The molecule has 2 rings (SSSR count). The van der Waals surface area contributed by atoms with Gasteiger partial charge in [-0.05, 0) is 42.0 Å². The third-order valence-electron chi connectivity index (χ3n) is 3.19. The minimum atomic E-state index is -0.953. The molecule has 2 aromatic carbocycles. The van der Waals surface area contributed by atoms with E-state index in [1.807, 2.05) is 0 Å². The van der Waals surface area contributed by atoms with E-state index < -0.39 is 23.7 Å². The normalized spacial score (nSPS) is 11.8. The molecule has 7 heteroatoms. The number of rotatable bonds is 5. The lowest BCUT2D eigenvalue weighted by Gasteiger charge is -2.16. The molecule has 0 aliphatic heterocycles. The van der Waals surface area contributed by atoms with Gasteiger partial charge in [-0.2, -0.15) is 0 Å². The molecule has 2 aromatic rings. The van der Waals surface area contributed by atoms with Gasteiger partial charge in [-0.15, -0.1) is 0 Å². The zero-order chi connectivity index (χ0) is 17.0. The van der Waals surface area contributed by atoms with Gasteiger partial charge >= 0.3 is 0 Å². The first kappa shape index (κ1) is 17.2. The van der Waals surface area contributed by atoms with Crippen molar-refractivity contribution < 1.29 is 14.0 Å². The van der Waals surface area contributed by atoms with Crippen LogP contribution in [0.4, 0.5) is 4.39 Å². The largest absolute Gasteiger partial charge is 0.368 e. The number of amides is 2. The predicted octanol–water partition coefficient (Wildman–Crippen LogP) is 2.96. The molecular formula is C16H13Cl2FN2O2. The monoisotopic (exact) mass is 354 g/mol. The van der Waals surface area contributed by atoms with E-state index in [1.165, 1.54) is 18.2 Å². The molecule has 0 aromatic heterocycles. The van der Waals surface area contributed by atoms with Gasteiger partial charge in [-0.1, -0.05) is 29.3 Å². The number of hydrogen-bond donors (Lipinski definition) is 2. The highest BCUT2D eigenvalue weighted by Crippen LogP contribution is 2.22. The van der Waals surface area contributed by atoms with Gasteiger partial charge in [0.05, 0.1) is 0 Å². The molecule has 0 unspecified atom stereocenters. The molecule has 3 N–H and O–H groups in total. The van der Waals surface area contributed by atoms with Crippen molar-refractivity contribution in [3.63, 3.8) is 0 Å². The number of benzene rings is 2. The Morgan fingerprint density at radius 1 is 1.13 bits per heavy atom. The second-order valence-electron chi connectivity index (χ2n) is 4.88. The zero-order valence-corrected chi connectivity index (χ0v) is 13.4. The first-order valence-corrected chi connectivity index (χ1v) is 7.42. The van der Waals surface area contributed by atoms with E-state index in [0.29, 0.717) is 15.6 Å². The van der Waals surface area contributed by atoms with Crippen LogP contribution in [0, 0.1) is 5.82 Å². The SMILES string of the molecule is NC(=O)[C@@H](Cc1ccc(Cl)cc1Cl)NC(=O)c1ccc(F)cc1. The fourth-order valence-corrected chi connectivity index (χ4v) is 2.46. The van der Waals surface area contributed by atoms with Crippen LogP contribution in [0.5, 0.6) is 0 Å². The van der Waals surface area contributed by atoms with Crippen LogP contribution < -0.4 is 11.1 Å². The maximum atomic E-state index is 12.9. The lowest BCUT2D eigenvalue weighted by Crippen LogP contribution is -2.45. The summed E-state index contributed by atoms with van der Waals surface area (Å²) >= 11 is 11.9. The molecule has 0 saturated carbocycles. The second kappa shape index (κ2) is 7.44. The van der Waals surface area contributed by atoms with Crippen LogP contribution in [-0.4, -0.2) is 17.9 Å². The van der Waals surface area contributed by atoms with Gasteiger partial charge in [0.25, 0.3) is 5.91 Å². The molecule has 1 atom stereocenters. The molecule has 0 bridgehead atoms. The lowest BCUT2D eigenvalue weighted by molar-refractivity contribution is -0.119. The molecule has 0 aliphatic carbocycles. The molecule has 0 spiro atoms. The van der Waals surface area contributed by atoms with Gasteiger partial charge in [0.2, 0.25) is 5.91 Å². The molecule has 0 aliphatic rings. The van der Waals surface area contributed by atoms with Crippen LogP contribution >= 0.6 is 23.2 Å². The van der Waals surface area contributed by atoms with Gasteiger partial charge in [-0.3, -0.25) is 9.59 Å². The van der Waals surface area contributed by atoms with Crippen LogP contribution in [0.1, 0.15) is 15.9 Å². The van der Waals surface area contributed by atoms with E-state index in [0.717, 1.165) is 12.1 Å². The highest BCUT2D eigenvalue weighted by molar-refractivity contribution is 6.35. The summed E-state index contributed by atoms with van der Waals surface area (Å²) in [4.78, 5) is 23.7. The maximum Gasteiger partial charge on any atom is 0.251 e. The summed E-state index contributed by atoms with van der Waals surface area (Å²) in [6.45, 7) is 0. The highest BCUT2D eigenvalue weighted by Gasteiger charge is 2.20. The Morgan fingerprint density at radius 2 is 1.78 bits per heavy atom. The van der Waals surface area contributed by atoms with Crippen molar-refractivity contribution >= 4 is 35.0 Å². The Morgan fingerprint density at radius 3 is 2.35 bits per heavy atom. The molecule has 2 amide bonds. The summed E-state index contributed by atoms with van der Waals surface area (Å²) in [7, 11) is 0. The number of carbonyl (C=O) groups excluding carboxylic acids is 2. The number of nitrogens with one attached hydrogen (secondary N) is 1. The first-order chi connectivity index (χ1) is 10.9. The summed E-state index contributed by atoms with van der Waals surface area (Å²) < 4.78 is 12.9. The number of primary amides is 1. The van der Waals surface area contributed by atoms with Gasteiger partial charge < -0.3 is 11.1 Å². The van der Waals surface area contributed by atoms with E-state index in [-0.39, 0.29) is 12.0 Å². The fourth-order valence-electron chi connectivity index (χ4n) is 1.97. The van der Waals surface area contributed by atoms with E-state index in [4.69, 9.17) is 28.9 Å². The Kier molecular flexibility index (Phi) is 5.58. The van der Waals surface area contributed by atoms with Crippen molar-refractivity contribution in [2.75, 3.05) is 0 Å². The summed E-state index contributed by atoms with van der Waals surface area (Å²) in [6, 6.07) is 8.82. The van der Waals surface area contributed by atoms with Gasteiger partial charge in [0, 0.05) is 22.0 Å². The van der Waals surface area contributed by atoms with Crippen molar-refractivity contribution in [2.45, 2.75) is 12.5 Å². The maximum absolute atomic E-state index is 12.9. The first-order valence-electron chi connectivity index (χ1n) is 6.66. The molecular weight excluding hydrogens is 342 g/mol. The number of carbonyl (C=O) groups is 2. The predicted molar refractivity (Wildman–Crippen MR) is 87.0 cm³/mol. The molecule has 0 saturated heterocycles. The lowest BCUT2D eigenvalue weighted by atomic mass is 10.0. The van der Waals surface area contributed by atoms with Crippen molar-refractivity contribution in [2.24, 2.45) is 5.73 Å². The van der Waals surface area contributed by atoms with Crippen LogP contribution in [0.15, 0.2) is 42.5 Å². The molecule has 120 valence electrons. The Labute approximate surface area is 142 Å². The van der Waals surface area contributed by atoms with Crippen LogP contribution in [0.3, 0.4) is 0 Å². The minimum Gasteiger partial charge on any atom is -0.368 e. The van der Waals surface area contributed by atoms with Crippen molar-refractivity contribution in [1.82, 2.24) is 5.32 Å². The highest BCUT2D eigenvalue weighted by atomic mass is 35.5. The third kappa shape index (κ3) is 4.68. The second-order valence-corrected chi connectivity index (χ2v) is 5.72. The minimum absolute atomic E-state index is 0.123. The molecule has 4 nitrogen and oxygen atoms in total. The van der Waals surface area contributed by atoms with Gasteiger partial charge in [-0.25, -0.2) is 4.39 Å². The van der Waals surface area contributed by atoms with E-state index in [9.17, 15) is 14.0 Å². The van der Waals surface area contributed by atoms with Gasteiger partial charge in [0.15, 0.2) is 0 Å². The number of nitrogens with two attached hydrogens (primary N) is 1. The molecule has 23 heavy (non-hydrogen) atoms. The topological polar surface area (TPSA) is 72.2 Å². The quantitative estimate of drug-likeness (QED) is 0.866. The van der Waals surface area contributed by atoms with Crippen molar-refractivity contribution in [3.05, 3.63) is 69.5 Å². The summed E-state index contributed by atoms with van der Waals surface area (Å²) in [5.74, 6) is -1.69. The van der Waals surface area contributed by atoms with Crippen LogP contribution in [-0.2, 0) is 11.2 Å². The van der Waals surface area contributed by atoms with Crippen LogP contribution in [0.2, 0.25) is 10.0 Å². The summed E-state index contributed by atoms with van der Waals surface area (Å²) in [6.07, 6.45) is 0.123. The van der Waals surface area contributed by atoms with E-state index in [2.05, 4.69) is 5.32 Å². The Bertz CT molecular complexity index is 735. The Hall–Kier alpha value is -2.11. The molecule has 0 heterocycles. The van der Waals surface area contributed by atoms with Crippen molar-refractivity contribution in [1.29, 1.82) is 0 Å². The average molecular weight is 355 g/mol. The summed E-state index contributed by atoms with van der Waals surface area (Å²) in [5, 5.41) is 3.35. The number of halogens is 3.